The average molecular weight is 235 g/mol. The zero-order valence-electron chi connectivity index (χ0n) is 7.62. The SMILES string of the molecule is NNC(=O)C(=O)NCC1CSCCS1. The van der Waals surface area contributed by atoms with Crippen LogP contribution >= 0.6 is 23.5 Å². The van der Waals surface area contributed by atoms with Crippen LogP contribution in [0, 0.1) is 0 Å². The standard InChI is InChI=1S/C7H13N3O2S2/c8-10-7(12)6(11)9-3-5-4-13-1-2-14-5/h5H,1-4,8H2,(H,9,11)(H,10,12). The van der Waals surface area contributed by atoms with Gasteiger partial charge in [0.25, 0.3) is 0 Å². The van der Waals surface area contributed by atoms with Gasteiger partial charge in [-0.25, -0.2) is 5.84 Å². The summed E-state index contributed by atoms with van der Waals surface area (Å²) in [7, 11) is 0. The Morgan fingerprint density at radius 3 is 2.71 bits per heavy atom. The van der Waals surface area contributed by atoms with Crippen molar-refractivity contribution in [1.82, 2.24) is 10.7 Å². The number of amides is 2. The highest BCUT2D eigenvalue weighted by molar-refractivity contribution is 8.06. The van der Waals surface area contributed by atoms with Gasteiger partial charge >= 0.3 is 11.8 Å². The molecule has 4 N–H and O–H groups in total. The van der Waals surface area contributed by atoms with Crippen LogP contribution in [0.4, 0.5) is 0 Å². The number of nitrogens with two attached hydrogens (primary N) is 1. The third-order valence-corrected chi connectivity index (χ3v) is 4.56. The zero-order valence-corrected chi connectivity index (χ0v) is 9.25. The maximum Gasteiger partial charge on any atom is 0.323 e. The summed E-state index contributed by atoms with van der Waals surface area (Å²) in [4.78, 5) is 21.7. The molecule has 1 aliphatic heterocycles. The number of carbonyl (C=O) groups excluding carboxylic acids is 2. The summed E-state index contributed by atoms with van der Waals surface area (Å²) in [6.45, 7) is 0.532. The lowest BCUT2D eigenvalue weighted by atomic mass is 10.4. The predicted octanol–water partition coefficient (Wildman–Crippen LogP) is -1.06. The molecule has 0 aromatic rings. The van der Waals surface area contributed by atoms with Crippen LogP contribution in [0.1, 0.15) is 0 Å². The lowest BCUT2D eigenvalue weighted by Gasteiger charge is -2.20. The lowest BCUT2D eigenvalue weighted by Crippen LogP contribution is -2.45. The van der Waals surface area contributed by atoms with E-state index in [1.165, 1.54) is 5.75 Å². The van der Waals surface area contributed by atoms with Crippen LogP contribution < -0.4 is 16.6 Å². The minimum Gasteiger partial charge on any atom is -0.347 e. The zero-order chi connectivity index (χ0) is 10.4. The van der Waals surface area contributed by atoms with E-state index in [1.54, 1.807) is 5.43 Å². The van der Waals surface area contributed by atoms with E-state index in [4.69, 9.17) is 5.84 Å². The molecule has 1 unspecified atom stereocenters. The minimum atomic E-state index is -0.793. The second-order valence-electron chi connectivity index (χ2n) is 2.75. The van der Waals surface area contributed by atoms with E-state index >= 15 is 0 Å². The molecule has 80 valence electrons. The molecule has 1 aliphatic rings. The van der Waals surface area contributed by atoms with E-state index in [1.807, 2.05) is 23.5 Å². The largest absolute Gasteiger partial charge is 0.347 e. The first-order chi connectivity index (χ1) is 6.74. The molecule has 1 fully saturated rings. The fraction of sp³-hybridized carbons (Fsp3) is 0.714. The summed E-state index contributed by atoms with van der Waals surface area (Å²) in [5.41, 5.74) is 1.79. The Morgan fingerprint density at radius 2 is 2.14 bits per heavy atom. The molecule has 0 radical (unpaired) electrons. The van der Waals surface area contributed by atoms with Gasteiger partial charge in [-0.2, -0.15) is 23.5 Å². The van der Waals surface area contributed by atoms with Gasteiger partial charge in [-0.1, -0.05) is 0 Å². The molecule has 0 saturated carbocycles. The van der Waals surface area contributed by atoms with Crippen LogP contribution in [0.2, 0.25) is 0 Å². The van der Waals surface area contributed by atoms with E-state index in [0.29, 0.717) is 11.8 Å². The Hall–Kier alpha value is -0.400. The molecular weight excluding hydrogens is 222 g/mol. The Kier molecular flexibility index (Phi) is 5.13. The molecule has 1 saturated heterocycles. The molecular formula is C7H13N3O2S2. The molecule has 7 heteroatoms. The Bertz CT molecular complexity index is 219. The van der Waals surface area contributed by atoms with Gasteiger partial charge in [0.2, 0.25) is 0 Å². The highest BCUT2D eigenvalue weighted by Gasteiger charge is 2.17. The summed E-state index contributed by atoms with van der Waals surface area (Å²) in [5, 5.41) is 2.94. The topological polar surface area (TPSA) is 84.2 Å². The number of hydrogen-bond acceptors (Lipinski definition) is 5. The van der Waals surface area contributed by atoms with Crippen LogP contribution in [0.5, 0.6) is 0 Å². The molecule has 14 heavy (non-hydrogen) atoms. The summed E-state index contributed by atoms with van der Waals surface area (Å²) in [6, 6.07) is 0. The van der Waals surface area contributed by atoms with Crippen molar-refractivity contribution in [1.29, 1.82) is 0 Å². The van der Waals surface area contributed by atoms with Crippen LogP contribution in [0.15, 0.2) is 0 Å². The third-order valence-electron chi connectivity index (χ3n) is 1.71. The fourth-order valence-corrected chi connectivity index (χ4v) is 3.62. The number of carbonyl (C=O) groups is 2. The van der Waals surface area contributed by atoms with Crippen LogP contribution in [0.25, 0.3) is 0 Å². The van der Waals surface area contributed by atoms with Crippen LogP contribution in [-0.2, 0) is 9.59 Å². The normalized spacial score (nSPS) is 21.4. The molecule has 2 amide bonds. The number of hydrogen-bond donors (Lipinski definition) is 3. The van der Waals surface area contributed by atoms with Gasteiger partial charge in [-0.05, 0) is 0 Å². The Labute approximate surface area is 90.9 Å². The van der Waals surface area contributed by atoms with Crippen molar-refractivity contribution in [3.05, 3.63) is 0 Å². The Morgan fingerprint density at radius 1 is 1.36 bits per heavy atom. The van der Waals surface area contributed by atoms with Gasteiger partial charge in [-0.3, -0.25) is 15.0 Å². The highest BCUT2D eigenvalue weighted by Crippen LogP contribution is 2.23. The number of nitrogens with one attached hydrogen (secondary N) is 2. The number of thioether (sulfide) groups is 2. The van der Waals surface area contributed by atoms with Crippen molar-refractivity contribution < 1.29 is 9.59 Å². The molecule has 0 bridgehead atoms. The molecule has 5 nitrogen and oxygen atoms in total. The molecule has 0 aromatic heterocycles. The van der Waals surface area contributed by atoms with E-state index < -0.39 is 11.8 Å². The molecule has 1 atom stereocenters. The van der Waals surface area contributed by atoms with Gasteiger partial charge in [-0.15, -0.1) is 0 Å². The predicted molar refractivity (Wildman–Crippen MR) is 58.9 cm³/mol. The van der Waals surface area contributed by atoms with Crippen molar-refractivity contribution in [3.8, 4) is 0 Å². The molecule has 1 rings (SSSR count). The maximum atomic E-state index is 11.0. The number of rotatable bonds is 2. The smallest absolute Gasteiger partial charge is 0.323 e. The van der Waals surface area contributed by atoms with E-state index in [-0.39, 0.29) is 0 Å². The van der Waals surface area contributed by atoms with Gasteiger partial charge in [0.05, 0.1) is 0 Å². The minimum absolute atomic E-state index is 0.406. The fourth-order valence-electron chi connectivity index (χ4n) is 1.01. The molecule has 0 spiro atoms. The van der Waals surface area contributed by atoms with Crippen molar-refractivity contribution >= 4 is 35.3 Å². The quantitative estimate of drug-likeness (QED) is 0.246. The lowest BCUT2D eigenvalue weighted by molar-refractivity contribution is -0.139. The monoisotopic (exact) mass is 235 g/mol. The van der Waals surface area contributed by atoms with Crippen molar-refractivity contribution in [3.63, 3.8) is 0 Å². The van der Waals surface area contributed by atoms with E-state index in [0.717, 1.165) is 11.5 Å². The van der Waals surface area contributed by atoms with Gasteiger partial charge in [0.15, 0.2) is 0 Å². The second-order valence-corrected chi connectivity index (χ2v) is 5.31. The van der Waals surface area contributed by atoms with Crippen molar-refractivity contribution in [2.75, 3.05) is 23.8 Å². The Balaban J connectivity index is 2.18. The first-order valence-corrected chi connectivity index (χ1v) is 6.42. The van der Waals surface area contributed by atoms with Crippen molar-refractivity contribution in [2.45, 2.75) is 5.25 Å². The average Bonchev–Trinajstić information content (AvgIpc) is 2.26. The molecule has 0 aliphatic carbocycles. The first kappa shape index (κ1) is 11.7. The summed E-state index contributed by atoms with van der Waals surface area (Å²) in [5.74, 6) is 6.65. The highest BCUT2D eigenvalue weighted by atomic mass is 32.2. The third kappa shape index (κ3) is 3.77. The van der Waals surface area contributed by atoms with Crippen LogP contribution in [-0.4, -0.2) is 40.9 Å². The van der Waals surface area contributed by atoms with E-state index in [9.17, 15) is 9.59 Å². The number of hydrazine groups is 1. The molecule has 1 heterocycles. The summed E-state index contributed by atoms with van der Waals surface area (Å²) < 4.78 is 0. The first-order valence-electron chi connectivity index (χ1n) is 4.22. The second kappa shape index (κ2) is 6.15. The van der Waals surface area contributed by atoms with Gasteiger partial charge in [0.1, 0.15) is 0 Å². The van der Waals surface area contributed by atoms with Gasteiger partial charge in [0, 0.05) is 29.1 Å². The molecule has 0 aromatic carbocycles. The maximum absolute atomic E-state index is 11.0. The summed E-state index contributed by atoms with van der Waals surface area (Å²) in [6.07, 6.45) is 0. The van der Waals surface area contributed by atoms with Crippen LogP contribution in [0.3, 0.4) is 0 Å². The van der Waals surface area contributed by atoms with Gasteiger partial charge < -0.3 is 5.32 Å². The van der Waals surface area contributed by atoms with E-state index in [2.05, 4.69) is 5.32 Å². The van der Waals surface area contributed by atoms with Crippen molar-refractivity contribution in [2.24, 2.45) is 5.84 Å². The summed E-state index contributed by atoms with van der Waals surface area (Å²) >= 11 is 3.70.